The van der Waals surface area contributed by atoms with E-state index in [4.69, 9.17) is 17.3 Å². The minimum atomic E-state index is -0.160. The van der Waals surface area contributed by atoms with Crippen molar-refractivity contribution in [1.29, 1.82) is 0 Å². The highest BCUT2D eigenvalue weighted by Gasteiger charge is 2.16. The van der Waals surface area contributed by atoms with E-state index in [1.807, 2.05) is 23.7 Å². The van der Waals surface area contributed by atoms with E-state index in [0.29, 0.717) is 17.3 Å². The Balaban J connectivity index is 2.66. The quantitative estimate of drug-likeness (QED) is 0.936. The Morgan fingerprint density at radius 1 is 1.21 bits per heavy atom. The van der Waals surface area contributed by atoms with Crippen molar-refractivity contribution < 1.29 is 0 Å². The molecule has 0 saturated carbocycles. The number of aromatic nitrogens is 2. The molecule has 2 rings (SSSR count). The van der Waals surface area contributed by atoms with Gasteiger partial charge in [-0.1, -0.05) is 24.9 Å². The minimum Gasteiger partial charge on any atom is -0.393 e. The van der Waals surface area contributed by atoms with Crippen molar-refractivity contribution in [3.8, 4) is 5.69 Å². The highest BCUT2D eigenvalue weighted by Crippen LogP contribution is 2.17. The molecule has 0 saturated heterocycles. The first-order valence-corrected chi connectivity index (χ1v) is 6.84. The van der Waals surface area contributed by atoms with Crippen LogP contribution in [0.4, 0.5) is 5.69 Å². The molecule has 5 heteroatoms. The largest absolute Gasteiger partial charge is 0.393 e. The first-order valence-electron chi connectivity index (χ1n) is 6.46. The molecule has 1 aromatic carbocycles. The molecule has 102 valence electrons. The smallest absolute Gasteiger partial charge is 0.294 e. The van der Waals surface area contributed by atoms with E-state index in [0.717, 1.165) is 24.2 Å². The Kier molecular flexibility index (Phi) is 4.00. The SMILES string of the molecule is CCCc1c(N)c(=O)n(-c2ccc(Cl)cc2)n1CC. The van der Waals surface area contributed by atoms with Gasteiger partial charge in [0.2, 0.25) is 0 Å². The molecular formula is C14H18ClN3O. The van der Waals surface area contributed by atoms with Gasteiger partial charge in [-0.05, 0) is 37.6 Å². The van der Waals surface area contributed by atoms with E-state index >= 15 is 0 Å². The van der Waals surface area contributed by atoms with Crippen LogP contribution in [0.5, 0.6) is 0 Å². The predicted octanol–water partition coefficient (Wildman–Crippen LogP) is 2.85. The van der Waals surface area contributed by atoms with Crippen LogP contribution < -0.4 is 11.3 Å². The first kappa shape index (κ1) is 13.7. The Morgan fingerprint density at radius 2 is 1.84 bits per heavy atom. The van der Waals surface area contributed by atoms with Crippen LogP contribution in [0.25, 0.3) is 5.69 Å². The Labute approximate surface area is 117 Å². The molecule has 4 nitrogen and oxygen atoms in total. The van der Waals surface area contributed by atoms with Crippen LogP contribution in [0.2, 0.25) is 5.02 Å². The molecule has 1 aromatic heterocycles. The molecule has 0 fully saturated rings. The number of anilines is 1. The first-order chi connectivity index (χ1) is 9.10. The third-order valence-corrected chi connectivity index (χ3v) is 3.40. The van der Waals surface area contributed by atoms with Crippen molar-refractivity contribution in [2.45, 2.75) is 33.2 Å². The second-order valence-electron chi connectivity index (χ2n) is 4.42. The second-order valence-corrected chi connectivity index (χ2v) is 4.86. The summed E-state index contributed by atoms with van der Waals surface area (Å²) in [6.07, 6.45) is 1.75. The van der Waals surface area contributed by atoms with Gasteiger partial charge >= 0.3 is 0 Å². The van der Waals surface area contributed by atoms with Crippen LogP contribution >= 0.6 is 11.6 Å². The van der Waals surface area contributed by atoms with Gasteiger partial charge in [0, 0.05) is 11.6 Å². The van der Waals surface area contributed by atoms with E-state index < -0.39 is 0 Å². The van der Waals surface area contributed by atoms with Gasteiger partial charge in [0.1, 0.15) is 5.69 Å². The standard InChI is InChI=1S/C14H18ClN3O/c1-3-5-12-13(16)14(19)18(17(12)4-2)11-8-6-10(15)7-9-11/h6-9H,3-5,16H2,1-2H3. The van der Waals surface area contributed by atoms with Crippen LogP contribution in [-0.4, -0.2) is 9.36 Å². The Hall–Kier alpha value is -1.68. The maximum Gasteiger partial charge on any atom is 0.294 e. The fourth-order valence-corrected chi connectivity index (χ4v) is 2.40. The summed E-state index contributed by atoms with van der Waals surface area (Å²) in [4.78, 5) is 12.3. The molecule has 0 aliphatic rings. The van der Waals surface area contributed by atoms with Crippen molar-refractivity contribution in [2.24, 2.45) is 0 Å². The van der Waals surface area contributed by atoms with Crippen LogP contribution in [0.15, 0.2) is 29.1 Å². The Bertz CT molecular complexity index is 625. The van der Waals surface area contributed by atoms with Gasteiger partial charge < -0.3 is 5.73 Å². The minimum absolute atomic E-state index is 0.160. The van der Waals surface area contributed by atoms with Crippen LogP contribution in [0, 0.1) is 0 Å². The molecule has 0 unspecified atom stereocenters. The molecule has 0 amide bonds. The molecular weight excluding hydrogens is 262 g/mol. The molecule has 0 spiro atoms. The zero-order valence-electron chi connectivity index (χ0n) is 11.2. The predicted molar refractivity (Wildman–Crippen MR) is 79.1 cm³/mol. The van der Waals surface area contributed by atoms with Gasteiger partial charge in [0.25, 0.3) is 5.56 Å². The van der Waals surface area contributed by atoms with Gasteiger partial charge in [0.15, 0.2) is 0 Å². The lowest BCUT2D eigenvalue weighted by atomic mass is 10.2. The van der Waals surface area contributed by atoms with E-state index in [1.165, 1.54) is 0 Å². The van der Waals surface area contributed by atoms with Gasteiger partial charge in [-0.3, -0.25) is 9.48 Å². The van der Waals surface area contributed by atoms with Crippen molar-refractivity contribution in [3.05, 3.63) is 45.3 Å². The van der Waals surface area contributed by atoms with Crippen molar-refractivity contribution in [3.63, 3.8) is 0 Å². The van der Waals surface area contributed by atoms with Crippen LogP contribution in [-0.2, 0) is 13.0 Å². The number of hydrogen-bond donors (Lipinski definition) is 1. The lowest BCUT2D eigenvalue weighted by molar-refractivity contribution is 0.545. The monoisotopic (exact) mass is 279 g/mol. The molecule has 19 heavy (non-hydrogen) atoms. The molecule has 1 heterocycles. The summed E-state index contributed by atoms with van der Waals surface area (Å²) >= 11 is 5.88. The number of nitrogen functional groups attached to an aromatic ring is 1. The van der Waals surface area contributed by atoms with Gasteiger partial charge in [0.05, 0.1) is 11.4 Å². The molecule has 2 aromatic rings. The molecule has 2 N–H and O–H groups in total. The van der Waals surface area contributed by atoms with Gasteiger partial charge in [-0.2, -0.15) is 0 Å². The normalized spacial score (nSPS) is 10.9. The molecule has 0 bridgehead atoms. The van der Waals surface area contributed by atoms with E-state index in [-0.39, 0.29) is 5.56 Å². The topological polar surface area (TPSA) is 53.0 Å². The third kappa shape index (κ3) is 2.40. The molecule has 0 atom stereocenters. The lowest BCUT2D eigenvalue weighted by Gasteiger charge is -2.12. The summed E-state index contributed by atoms with van der Waals surface area (Å²) in [7, 11) is 0. The van der Waals surface area contributed by atoms with Crippen molar-refractivity contribution in [2.75, 3.05) is 5.73 Å². The summed E-state index contributed by atoms with van der Waals surface area (Å²) in [5, 5.41) is 0.646. The van der Waals surface area contributed by atoms with Crippen molar-refractivity contribution in [1.82, 2.24) is 9.36 Å². The number of nitrogens with zero attached hydrogens (tertiary/aromatic N) is 2. The fourth-order valence-electron chi connectivity index (χ4n) is 2.28. The zero-order chi connectivity index (χ0) is 14.0. The summed E-state index contributed by atoms with van der Waals surface area (Å²) in [6.45, 7) is 4.78. The van der Waals surface area contributed by atoms with E-state index in [1.54, 1.807) is 16.8 Å². The lowest BCUT2D eigenvalue weighted by Crippen LogP contribution is -2.22. The van der Waals surface area contributed by atoms with E-state index in [2.05, 4.69) is 6.92 Å². The van der Waals surface area contributed by atoms with Crippen LogP contribution in [0.3, 0.4) is 0 Å². The van der Waals surface area contributed by atoms with E-state index in [9.17, 15) is 4.79 Å². The average Bonchev–Trinajstić information content (AvgIpc) is 2.65. The summed E-state index contributed by atoms with van der Waals surface area (Å²) < 4.78 is 3.56. The second kappa shape index (κ2) is 5.53. The average molecular weight is 280 g/mol. The number of halogens is 1. The molecule has 0 aliphatic heterocycles. The summed E-state index contributed by atoms with van der Waals surface area (Å²) in [5.74, 6) is 0. The molecule has 0 radical (unpaired) electrons. The van der Waals surface area contributed by atoms with Crippen LogP contribution in [0.1, 0.15) is 26.0 Å². The maximum atomic E-state index is 12.3. The number of rotatable bonds is 4. The van der Waals surface area contributed by atoms with Crippen molar-refractivity contribution >= 4 is 17.3 Å². The maximum absolute atomic E-state index is 12.3. The number of hydrogen-bond acceptors (Lipinski definition) is 2. The highest BCUT2D eigenvalue weighted by molar-refractivity contribution is 6.30. The third-order valence-electron chi connectivity index (χ3n) is 3.14. The summed E-state index contributed by atoms with van der Waals surface area (Å²) in [5.41, 5.74) is 7.83. The number of nitrogens with two attached hydrogens (primary N) is 1. The zero-order valence-corrected chi connectivity index (χ0v) is 11.9. The fraction of sp³-hybridized carbons (Fsp3) is 0.357. The van der Waals surface area contributed by atoms with Gasteiger partial charge in [-0.15, -0.1) is 0 Å². The highest BCUT2D eigenvalue weighted by atomic mass is 35.5. The Morgan fingerprint density at radius 3 is 2.37 bits per heavy atom. The molecule has 0 aliphatic carbocycles. The number of benzene rings is 1. The van der Waals surface area contributed by atoms with Gasteiger partial charge in [-0.25, -0.2) is 4.68 Å². The summed E-state index contributed by atoms with van der Waals surface area (Å²) in [6, 6.07) is 7.19.